The van der Waals surface area contributed by atoms with Crippen molar-refractivity contribution in [3.05, 3.63) is 24.0 Å². The summed E-state index contributed by atoms with van der Waals surface area (Å²) in [4.78, 5) is 3.05. The molecular formula is C11H20N2S. The average molecular weight is 212 g/mol. The highest BCUT2D eigenvalue weighted by Gasteiger charge is 1.94. The molecule has 1 rings (SSSR count). The molecule has 0 radical (unpaired) electrons. The first-order chi connectivity index (χ1) is 6.79. The van der Waals surface area contributed by atoms with Crippen LogP contribution in [0, 0.1) is 5.92 Å². The van der Waals surface area contributed by atoms with Crippen molar-refractivity contribution in [1.82, 2.24) is 10.3 Å². The van der Waals surface area contributed by atoms with Crippen molar-refractivity contribution in [2.24, 2.45) is 5.92 Å². The summed E-state index contributed by atoms with van der Waals surface area (Å²) >= 11 is 2.03. The van der Waals surface area contributed by atoms with Crippen LogP contribution in [0.3, 0.4) is 0 Å². The zero-order valence-corrected chi connectivity index (χ0v) is 9.86. The third-order valence-corrected chi connectivity index (χ3v) is 3.26. The Morgan fingerprint density at radius 3 is 3.00 bits per heavy atom. The van der Waals surface area contributed by atoms with Crippen molar-refractivity contribution in [3.63, 3.8) is 0 Å². The minimum absolute atomic E-state index is 0.810. The Morgan fingerprint density at radius 1 is 1.50 bits per heavy atom. The molecule has 0 aromatic carbocycles. The van der Waals surface area contributed by atoms with Crippen LogP contribution in [-0.2, 0) is 6.54 Å². The Morgan fingerprint density at radius 2 is 2.36 bits per heavy atom. The molecule has 0 amide bonds. The molecule has 0 atom stereocenters. The molecule has 0 bridgehead atoms. The zero-order valence-electron chi connectivity index (χ0n) is 9.05. The normalized spacial score (nSPS) is 11.1. The van der Waals surface area contributed by atoms with Crippen molar-refractivity contribution >= 4 is 11.8 Å². The SMILES string of the molecule is CC(C)CSCCNCc1cc[nH]c1. The summed E-state index contributed by atoms with van der Waals surface area (Å²) in [6, 6.07) is 2.11. The number of H-pyrrole nitrogens is 1. The van der Waals surface area contributed by atoms with E-state index in [1.165, 1.54) is 17.1 Å². The fraction of sp³-hybridized carbons (Fsp3) is 0.636. The van der Waals surface area contributed by atoms with Gasteiger partial charge in [-0.1, -0.05) is 13.8 Å². The first kappa shape index (κ1) is 11.7. The van der Waals surface area contributed by atoms with Crippen LogP contribution in [0.15, 0.2) is 18.5 Å². The minimum Gasteiger partial charge on any atom is -0.367 e. The molecule has 2 N–H and O–H groups in total. The summed E-state index contributed by atoms with van der Waals surface area (Å²) in [6.07, 6.45) is 4.00. The Hall–Kier alpha value is -0.410. The van der Waals surface area contributed by atoms with Crippen LogP contribution in [0.1, 0.15) is 19.4 Å². The van der Waals surface area contributed by atoms with Gasteiger partial charge in [0.1, 0.15) is 0 Å². The van der Waals surface area contributed by atoms with Gasteiger partial charge >= 0.3 is 0 Å². The van der Waals surface area contributed by atoms with E-state index in [1.54, 1.807) is 0 Å². The lowest BCUT2D eigenvalue weighted by Crippen LogP contribution is -2.16. The number of aromatic nitrogens is 1. The van der Waals surface area contributed by atoms with Crippen LogP contribution < -0.4 is 5.32 Å². The molecule has 1 aromatic heterocycles. The zero-order chi connectivity index (χ0) is 10.2. The Kier molecular flexibility index (Phi) is 5.80. The molecule has 3 heteroatoms. The van der Waals surface area contributed by atoms with E-state index in [0.29, 0.717) is 0 Å². The minimum atomic E-state index is 0.810. The van der Waals surface area contributed by atoms with Gasteiger partial charge in [-0.2, -0.15) is 11.8 Å². The predicted molar refractivity (Wildman–Crippen MR) is 64.7 cm³/mol. The summed E-state index contributed by atoms with van der Waals surface area (Å²) < 4.78 is 0. The Bertz CT molecular complexity index is 219. The summed E-state index contributed by atoms with van der Waals surface area (Å²) in [6.45, 7) is 6.61. The van der Waals surface area contributed by atoms with E-state index in [2.05, 4.69) is 30.2 Å². The van der Waals surface area contributed by atoms with Gasteiger partial charge in [0, 0.05) is 31.2 Å². The number of hydrogen-bond acceptors (Lipinski definition) is 2. The number of hydrogen-bond donors (Lipinski definition) is 2. The van der Waals surface area contributed by atoms with E-state index < -0.39 is 0 Å². The van der Waals surface area contributed by atoms with Gasteiger partial charge in [0.05, 0.1) is 0 Å². The molecule has 0 aliphatic rings. The molecule has 80 valence electrons. The molecule has 1 heterocycles. The molecule has 0 aliphatic carbocycles. The summed E-state index contributed by atoms with van der Waals surface area (Å²) in [5, 5.41) is 3.42. The van der Waals surface area contributed by atoms with Gasteiger partial charge < -0.3 is 10.3 Å². The van der Waals surface area contributed by atoms with Crippen LogP contribution in [0.5, 0.6) is 0 Å². The molecule has 1 aromatic rings. The van der Waals surface area contributed by atoms with Gasteiger partial charge in [-0.25, -0.2) is 0 Å². The van der Waals surface area contributed by atoms with E-state index in [9.17, 15) is 0 Å². The second-order valence-electron chi connectivity index (χ2n) is 3.86. The molecule has 0 spiro atoms. The van der Waals surface area contributed by atoms with E-state index in [0.717, 1.165) is 19.0 Å². The number of nitrogens with one attached hydrogen (secondary N) is 2. The van der Waals surface area contributed by atoms with E-state index in [1.807, 2.05) is 24.2 Å². The van der Waals surface area contributed by atoms with Crippen LogP contribution >= 0.6 is 11.8 Å². The van der Waals surface area contributed by atoms with Crippen molar-refractivity contribution < 1.29 is 0 Å². The highest BCUT2D eigenvalue weighted by molar-refractivity contribution is 7.99. The number of rotatable bonds is 7. The molecule has 0 fully saturated rings. The predicted octanol–water partition coefficient (Wildman–Crippen LogP) is 2.49. The van der Waals surface area contributed by atoms with Gasteiger partial charge in [0.25, 0.3) is 0 Å². The van der Waals surface area contributed by atoms with Crippen LogP contribution in [0.2, 0.25) is 0 Å². The molecule has 14 heavy (non-hydrogen) atoms. The molecule has 0 saturated carbocycles. The second-order valence-corrected chi connectivity index (χ2v) is 5.01. The maximum absolute atomic E-state index is 3.42. The van der Waals surface area contributed by atoms with Gasteiger partial charge in [-0.3, -0.25) is 0 Å². The van der Waals surface area contributed by atoms with Crippen molar-refractivity contribution in [2.45, 2.75) is 20.4 Å². The standard InChI is InChI=1S/C11H20N2S/c1-10(2)9-14-6-5-13-8-11-3-4-12-7-11/h3-4,7,10,12-13H,5-6,8-9H2,1-2H3. The van der Waals surface area contributed by atoms with Crippen LogP contribution in [0.25, 0.3) is 0 Å². The summed E-state index contributed by atoms with van der Waals surface area (Å²) in [5.41, 5.74) is 1.33. The van der Waals surface area contributed by atoms with E-state index in [4.69, 9.17) is 0 Å². The topological polar surface area (TPSA) is 27.8 Å². The molecule has 0 saturated heterocycles. The fourth-order valence-electron chi connectivity index (χ4n) is 1.16. The largest absolute Gasteiger partial charge is 0.367 e. The van der Waals surface area contributed by atoms with Crippen LogP contribution in [0.4, 0.5) is 0 Å². The molecule has 0 unspecified atom stereocenters. The number of aromatic amines is 1. The Balaban J connectivity index is 1.90. The smallest absolute Gasteiger partial charge is 0.0220 e. The maximum Gasteiger partial charge on any atom is 0.0220 e. The Labute approximate surface area is 90.9 Å². The fourth-order valence-corrected chi connectivity index (χ4v) is 2.09. The lowest BCUT2D eigenvalue weighted by Gasteiger charge is -2.05. The first-order valence-corrected chi connectivity index (χ1v) is 6.34. The maximum atomic E-state index is 3.42. The number of thioether (sulfide) groups is 1. The molecule has 0 aliphatic heterocycles. The van der Waals surface area contributed by atoms with Gasteiger partial charge in [-0.05, 0) is 23.3 Å². The quantitative estimate of drug-likeness (QED) is 0.680. The van der Waals surface area contributed by atoms with E-state index >= 15 is 0 Å². The third-order valence-electron chi connectivity index (χ3n) is 1.87. The lowest BCUT2D eigenvalue weighted by atomic mass is 10.3. The second kappa shape index (κ2) is 6.96. The monoisotopic (exact) mass is 212 g/mol. The summed E-state index contributed by atoms with van der Waals surface area (Å²) in [5.74, 6) is 3.29. The van der Waals surface area contributed by atoms with Gasteiger partial charge in [-0.15, -0.1) is 0 Å². The van der Waals surface area contributed by atoms with E-state index in [-0.39, 0.29) is 0 Å². The van der Waals surface area contributed by atoms with Crippen LogP contribution in [-0.4, -0.2) is 23.0 Å². The molecule has 2 nitrogen and oxygen atoms in total. The third kappa shape index (κ3) is 5.35. The summed E-state index contributed by atoms with van der Waals surface area (Å²) in [7, 11) is 0. The lowest BCUT2D eigenvalue weighted by molar-refractivity contribution is 0.726. The highest BCUT2D eigenvalue weighted by Crippen LogP contribution is 2.06. The van der Waals surface area contributed by atoms with Crippen molar-refractivity contribution in [3.8, 4) is 0 Å². The van der Waals surface area contributed by atoms with Crippen molar-refractivity contribution in [2.75, 3.05) is 18.1 Å². The van der Waals surface area contributed by atoms with Gasteiger partial charge in [0.2, 0.25) is 0 Å². The van der Waals surface area contributed by atoms with Gasteiger partial charge in [0.15, 0.2) is 0 Å². The highest BCUT2D eigenvalue weighted by atomic mass is 32.2. The first-order valence-electron chi connectivity index (χ1n) is 5.19. The van der Waals surface area contributed by atoms with Crippen molar-refractivity contribution in [1.29, 1.82) is 0 Å². The average Bonchev–Trinajstić information content (AvgIpc) is 2.63. The molecular weight excluding hydrogens is 192 g/mol.